The van der Waals surface area contributed by atoms with Crippen LogP contribution in [-0.4, -0.2) is 19.2 Å². The Morgan fingerprint density at radius 3 is 2.26 bits per heavy atom. The molecule has 0 aromatic heterocycles. The molecule has 0 aliphatic carbocycles. The number of alkyl halides is 6. The van der Waals surface area contributed by atoms with Crippen LogP contribution in [0.3, 0.4) is 0 Å². The Bertz CT molecular complexity index is 927. The van der Waals surface area contributed by atoms with E-state index in [2.05, 4.69) is 16.6 Å². The second-order valence-electron chi connectivity index (χ2n) is 6.31. The molecule has 2 N–H and O–H groups in total. The summed E-state index contributed by atoms with van der Waals surface area (Å²) < 4.78 is 84.0. The molecule has 0 unspecified atom stereocenters. The highest BCUT2D eigenvalue weighted by molar-refractivity contribution is 8.00. The van der Waals surface area contributed by atoms with E-state index in [1.54, 1.807) is 24.3 Å². The summed E-state index contributed by atoms with van der Waals surface area (Å²) in [4.78, 5) is 13.1. The zero-order chi connectivity index (χ0) is 23.2. The van der Waals surface area contributed by atoms with Gasteiger partial charge in [0.15, 0.2) is 0 Å². The molecular weight excluding hydrogens is 446 g/mol. The molecule has 2 aromatic carbocycles. The summed E-state index contributed by atoms with van der Waals surface area (Å²) in [5, 5.41) is 2.20. The molecule has 0 radical (unpaired) electrons. The first-order valence-corrected chi connectivity index (χ1v) is 9.55. The number of benzene rings is 2. The third kappa shape index (κ3) is 7.74. The van der Waals surface area contributed by atoms with Crippen LogP contribution in [0.1, 0.15) is 28.8 Å². The smallest absolute Gasteiger partial charge is 0.416 e. The molecule has 168 valence electrons. The first kappa shape index (κ1) is 24.4. The fraction of sp³-hybridized carbons (Fsp3) is 0.250. The average molecular weight is 464 g/mol. The van der Waals surface area contributed by atoms with Gasteiger partial charge in [-0.25, -0.2) is 0 Å². The number of carbonyl (C=O) groups is 1. The fourth-order valence-corrected chi connectivity index (χ4v) is 3.01. The number of carbonyl (C=O) groups excluding carboxylic acids is 1. The number of rotatable bonds is 8. The summed E-state index contributed by atoms with van der Waals surface area (Å²) in [6, 6.07) is 9.03. The summed E-state index contributed by atoms with van der Waals surface area (Å²) in [6.07, 6.45) is -10.8. The van der Waals surface area contributed by atoms with Gasteiger partial charge >= 0.3 is 12.4 Å². The van der Waals surface area contributed by atoms with Gasteiger partial charge in [-0.05, 0) is 60.8 Å². The second-order valence-corrected chi connectivity index (χ2v) is 7.19. The number of hydrogen-bond donors (Lipinski definition) is 2. The maximum absolute atomic E-state index is 13.1. The van der Waals surface area contributed by atoms with Crippen LogP contribution >= 0.6 is 11.9 Å². The Morgan fingerprint density at radius 2 is 1.71 bits per heavy atom. The van der Waals surface area contributed by atoms with Crippen LogP contribution in [0.2, 0.25) is 0 Å². The molecule has 4 nitrogen and oxygen atoms in total. The maximum atomic E-state index is 13.1. The predicted octanol–water partition coefficient (Wildman–Crippen LogP) is 6.42. The molecule has 2 rings (SSSR count). The zero-order valence-electron chi connectivity index (χ0n) is 16.2. The zero-order valence-corrected chi connectivity index (χ0v) is 17.0. The van der Waals surface area contributed by atoms with E-state index >= 15 is 0 Å². The molecule has 1 amide bonds. The van der Waals surface area contributed by atoms with E-state index in [0.717, 1.165) is 30.1 Å². The van der Waals surface area contributed by atoms with Gasteiger partial charge in [0, 0.05) is 17.0 Å². The van der Waals surface area contributed by atoms with Crippen LogP contribution in [0.5, 0.6) is 5.75 Å². The Kier molecular flexibility index (Phi) is 7.88. The van der Waals surface area contributed by atoms with E-state index in [1.807, 2.05) is 0 Å². The number of allylic oxidation sites excluding steroid dienone is 1. The first-order valence-electron chi connectivity index (χ1n) is 8.73. The lowest BCUT2D eigenvalue weighted by molar-refractivity contribution is -0.137. The molecule has 0 heterocycles. The Labute approximate surface area is 178 Å². The molecule has 0 aliphatic heterocycles. The number of halogens is 6. The summed E-state index contributed by atoms with van der Waals surface area (Å²) in [7, 11) is 1.48. The van der Waals surface area contributed by atoms with Gasteiger partial charge in [0.1, 0.15) is 5.75 Å². The Hall–Kier alpha value is -2.82. The summed E-state index contributed by atoms with van der Waals surface area (Å²) in [5.74, 6) is -0.292. The molecule has 0 saturated heterocycles. The SMILES string of the molecule is C=C(CCC(F)(F)F)NC(=O)c1ccc(C(F)(F)F)cc1NSc1ccc(OC)cc1. The minimum absolute atomic E-state index is 0.156. The monoisotopic (exact) mass is 464 g/mol. The van der Waals surface area contributed by atoms with Gasteiger partial charge in [0.25, 0.3) is 5.91 Å². The van der Waals surface area contributed by atoms with Gasteiger partial charge in [0.05, 0.1) is 23.9 Å². The molecule has 31 heavy (non-hydrogen) atoms. The van der Waals surface area contributed by atoms with E-state index in [1.165, 1.54) is 7.11 Å². The van der Waals surface area contributed by atoms with Crippen LogP contribution < -0.4 is 14.8 Å². The lowest BCUT2D eigenvalue weighted by Gasteiger charge is -2.16. The van der Waals surface area contributed by atoms with Gasteiger partial charge in [-0.15, -0.1) is 0 Å². The standard InChI is InChI=1S/C20H18F6N2O2S/c1-12(9-10-19(21,22)23)27-18(29)16-8-3-13(20(24,25)26)11-17(16)28-31-15-6-4-14(30-2)5-7-15/h3-8,11,28H,1,9-10H2,2H3,(H,27,29). The molecule has 0 atom stereocenters. The van der Waals surface area contributed by atoms with Crippen molar-refractivity contribution >= 4 is 23.5 Å². The Morgan fingerprint density at radius 1 is 1.06 bits per heavy atom. The van der Waals surface area contributed by atoms with Crippen LogP contribution in [0.15, 0.2) is 59.6 Å². The maximum Gasteiger partial charge on any atom is 0.416 e. The highest BCUT2D eigenvalue weighted by Crippen LogP contribution is 2.34. The third-order valence-electron chi connectivity index (χ3n) is 3.93. The van der Waals surface area contributed by atoms with Crippen molar-refractivity contribution in [3.8, 4) is 5.75 Å². The van der Waals surface area contributed by atoms with Gasteiger partial charge in [0.2, 0.25) is 0 Å². The molecule has 0 spiro atoms. The summed E-state index contributed by atoms with van der Waals surface area (Å²) in [5.41, 5.74) is -1.52. The van der Waals surface area contributed by atoms with Crippen molar-refractivity contribution in [3.63, 3.8) is 0 Å². The predicted molar refractivity (Wildman–Crippen MR) is 106 cm³/mol. The van der Waals surface area contributed by atoms with Crippen molar-refractivity contribution in [1.82, 2.24) is 5.32 Å². The van der Waals surface area contributed by atoms with Crippen molar-refractivity contribution in [2.45, 2.75) is 30.1 Å². The van der Waals surface area contributed by atoms with E-state index in [9.17, 15) is 31.1 Å². The van der Waals surface area contributed by atoms with Crippen LogP contribution in [0.4, 0.5) is 32.0 Å². The average Bonchev–Trinajstić information content (AvgIpc) is 2.69. The number of hydrogen-bond acceptors (Lipinski definition) is 4. The van der Waals surface area contributed by atoms with Crippen molar-refractivity contribution in [1.29, 1.82) is 0 Å². The molecular formula is C20H18F6N2O2S. The molecule has 0 aliphatic rings. The van der Waals surface area contributed by atoms with Crippen molar-refractivity contribution in [2.24, 2.45) is 0 Å². The lowest BCUT2D eigenvalue weighted by Crippen LogP contribution is -2.24. The number of nitrogens with one attached hydrogen (secondary N) is 2. The number of anilines is 1. The first-order chi connectivity index (χ1) is 14.4. The second kappa shape index (κ2) is 9.99. The van der Waals surface area contributed by atoms with Crippen LogP contribution in [0, 0.1) is 0 Å². The number of ether oxygens (including phenoxy) is 1. The summed E-state index contributed by atoms with van der Waals surface area (Å²) >= 11 is 0.952. The van der Waals surface area contributed by atoms with Gasteiger partial charge in [-0.3, -0.25) is 4.79 Å². The summed E-state index contributed by atoms with van der Waals surface area (Å²) in [6.45, 7) is 3.37. The quantitative estimate of drug-likeness (QED) is 0.350. The lowest BCUT2D eigenvalue weighted by atomic mass is 10.1. The van der Waals surface area contributed by atoms with Crippen molar-refractivity contribution in [2.75, 3.05) is 11.8 Å². The normalized spacial score (nSPS) is 11.7. The van der Waals surface area contributed by atoms with Crippen LogP contribution in [0.25, 0.3) is 0 Å². The third-order valence-corrected chi connectivity index (χ3v) is 4.76. The van der Waals surface area contributed by atoms with Crippen LogP contribution in [-0.2, 0) is 6.18 Å². The molecule has 2 aromatic rings. The number of amides is 1. The topological polar surface area (TPSA) is 50.4 Å². The fourth-order valence-electron chi connectivity index (χ4n) is 2.34. The van der Waals surface area contributed by atoms with Gasteiger partial charge in [-0.2, -0.15) is 26.3 Å². The highest BCUT2D eigenvalue weighted by Gasteiger charge is 2.32. The number of methoxy groups -OCH3 is 1. The minimum Gasteiger partial charge on any atom is -0.497 e. The molecule has 0 bridgehead atoms. The molecule has 11 heteroatoms. The van der Waals surface area contributed by atoms with E-state index in [-0.39, 0.29) is 16.9 Å². The van der Waals surface area contributed by atoms with Crippen molar-refractivity contribution < 1.29 is 35.9 Å². The van der Waals surface area contributed by atoms with E-state index < -0.39 is 36.7 Å². The molecule has 0 saturated carbocycles. The van der Waals surface area contributed by atoms with Gasteiger partial charge in [-0.1, -0.05) is 6.58 Å². The molecule has 0 fully saturated rings. The largest absolute Gasteiger partial charge is 0.497 e. The minimum atomic E-state index is -4.65. The van der Waals surface area contributed by atoms with E-state index in [0.29, 0.717) is 10.6 Å². The Balaban J connectivity index is 2.20. The van der Waals surface area contributed by atoms with Crippen molar-refractivity contribution in [3.05, 3.63) is 65.9 Å². The van der Waals surface area contributed by atoms with Gasteiger partial charge < -0.3 is 14.8 Å². The van der Waals surface area contributed by atoms with E-state index in [4.69, 9.17) is 4.74 Å². The highest BCUT2D eigenvalue weighted by atomic mass is 32.2.